The molecular weight excluding hydrogens is 222 g/mol. The molecule has 0 aliphatic heterocycles. The molecule has 0 aliphatic carbocycles. The number of carbonyl (C=O) groups is 2. The Labute approximate surface area is 103 Å². The normalized spacial score (nSPS) is 10.2. The third kappa shape index (κ3) is 9.81. The van der Waals surface area contributed by atoms with Gasteiger partial charge in [-0.3, -0.25) is 9.59 Å². The van der Waals surface area contributed by atoms with Crippen molar-refractivity contribution >= 4 is 11.9 Å². The Bertz CT molecular complexity index is 231. The van der Waals surface area contributed by atoms with Crippen molar-refractivity contribution in [1.29, 1.82) is 0 Å². The van der Waals surface area contributed by atoms with Gasteiger partial charge in [-0.15, -0.1) is 0 Å². The van der Waals surface area contributed by atoms with Gasteiger partial charge in [0.1, 0.15) is 6.61 Å². The van der Waals surface area contributed by atoms with Crippen LogP contribution in [-0.4, -0.2) is 48.7 Å². The number of ether oxygens (including phenoxy) is 1. The molecule has 100 valence electrons. The second kappa shape index (κ2) is 10.1. The highest BCUT2D eigenvalue weighted by Crippen LogP contribution is 1.97. The smallest absolute Gasteiger partial charge is 0.303 e. The van der Waals surface area contributed by atoms with E-state index in [-0.39, 0.29) is 18.9 Å². The third-order valence-electron chi connectivity index (χ3n) is 2.43. The number of likely N-dealkylation sites (N-methyl/N-ethyl adjacent to an activating group) is 1. The predicted molar refractivity (Wildman–Crippen MR) is 64.9 cm³/mol. The summed E-state index contributed by atoms with van der Waals surface area (Å²) in [7, 11) is 1.67. The number of nitrogens with zero attached hydrogens (tertiary/aromatic N) is 1. The fraction of sp³-hybridized carbons (Fsp3) is 0.833. The molecule has 0 aliphatic rings. The van der Waals surface area contributed by atoms with Gasteiger partial charge in [-0.05, 0) is 12.8 Å². The molecule has 0 atom stereocenters. The van der Waals surface area contributed by atoms with E-state index in [2.05, 4.69) is 6.92 Å². The summed E-state index contributed by atoms with van der Waals surface area (Å²) in [5.41, 5.74) is 0. The molecule has 0 saturated carbocycles. The summed E-state index contributed by atoms with van der Waals surface area (Å²) in [4.78, 5) is 23.3. The van der Waals surface area contributed by atoms with E-state index >= 15 is 0 Å². The molecule has 0 bridgehead atoms. The lowest BCUT2D eigenvalue weighted by atomic mass is 10.3. The molecule has 5 heteroatoms. The van der Waals surface area contributed by atoms with Gasteiger partial charge in [0.2, 0.25) is 5.91 Å². The summed E-state index contributed by atoms with van der Waals surface area (Å²) in [5, 5.41) is 8.46. The Hall–Kier alpha value is -1.10. The zero-order valence-electron chi connectivity index (χ0n) is 10.8. The van der Waals surface area contributed by atoms with Crippen LogP contribution in [0, 0.1) is 0 Å². The number of rotatable bonds is 10. The number of aliphatic carboxylic acids is 1. The van der Waals surface area contributed by atoms with Crippen LogP contribution in [-0.2, 0) is 14.3 Å². The maximum absolute atomic E-state index is 11.5. The molecule has 0 heterocycles. The van der Waals surface area contributed by atoms with Crippen LogP contribution in [0.2, 0.25) is 0 Å². The molecule has 1 amide bonds. The molecule has 0 aromatic rings. The number of unbranched alkanes of at least 4 members (excludes halogenated alkanes) is 2. The van der Waals surface area contributed by atoms with Crippen molar-refractivity contribution in [3.63, 3.8) is 0 Å². The Balaban J connectivity index is 3.50. The van der Waals surface area contributed by atoms with Crippen molar-refractivity contribution in [3.8, 4) is 0 Å². The first kappa shape index (κ1) is 15.9. The Kier molecular flexibility index (Phi) is 9.43. The van der Waals surface area contributed by atoms with Gasteiger partial charge in [0.15, 0.2) is 0 Å². The van der Waals surface area contributed by atoms with E-state index in [0.29, 0.717) is 19.6 Å². The highest BCUT2D eigenvalue weighted by molar-refractivity contribution is 5.77. The molecule has 0 spiro atoms. The maximum Gasteiger partial charge on any atom is 0.303 e. The summed E-state index contributed by atoms with van der Waals surface area (Å²) in [5.74, 6) is -0.923. The quantitative estimate of drug-likeness (QED) is 0.592. The highest BCUT2D eigenvalue weighted by atomic mass is 16.5. The van der Waals surface area contributed by atoms with Crippen molar-refractivity contribution in [1.82, 2.24) is 4.90 Å². The minimum absolute atomic E-state index is 0.0906. The standard InChI is InChI=1S/C12H23NO4/c1-3-4-5-9-17-10-11(14)13(2)8-6-7-12(15)16/h3-10H2,1-2H3,(H,15,16). The van der Waals surface area contributed by atoms with Crippen molar-refractivity contribution in [2.24, 2.45) is 0 Å². The lowest BCUT2D eigenvalue weighted by Gasteiger charge is -2.16. The van der Waals surface area contributed by atoms with Gasteiger partial charge >= 0.3 is 5.97 Å². The van der Waals surface area contributed by atoms with Gasteiger partial charge in [-0.25, -0.2) is 0 Å². The summed E-state index contributed by atoms with van der Waals surface area (Å²) in [6.45, 7) is 3.28. The van der Waals surface area contributed by atoms with Gasteiger partial charge in [0, 0.05) is 26.6 Å². The summed E-state index contributed by atoms with van der Waals surface area (Å²) in [6, 6.07) is 0. The van der Waals surface area contributed by atoms with Crippen molar-refractivity contribution in [3.05, 3.63) is 0 Å². The number of carboxylic acids is 1. The first-order valence-electron chi connectivity index (χ1n) is 6.11. The van der Waals surface area contributed by atoms with Crippen LogP contribution in [0.3, 0.4) is 0 Å². The summed E-state index contributed by atoms with van der Waals surface area (Å²) in [6.07, 6.45) is 3.80. The molecule has 0 aromatic carbocycles. The molecule has 0 aromatic heterocycles. The molecular formula is C12H23NO4. The molecule has 0 saturated heterocycles. The van der Waals surface area contributed by atoms with Crippen molar-refractivity contribution in [2.75, 3.05) is 26.8 Å². The Morgan fingerprint density at radius 2 is 1.94 bits per heavy atom. The van der Waals surface area contributed by atoms with Crippen LogP contribution < -0.4 is 0 Å². The van der Waals surface area contributed by atoms with E-state index in [4.69, 9.17) is 9.84 Å². The minimum atomic E-state index is -0.832. The topological polar surface area (TPSA) is 66.8 Å². The highest BCUT2D eigenvalue weighted by Gasteiger charge is 2.08. The van der Waals surface area contributed by atoms with Gasteiger partial charge in [-0.1, -0.05) is 19.8 Å². The zero-order valence-corrected chi connectivity index (χ0v) is 10.8. The van der Waals surface area contributed by atoms with E-state index in [9.17, 15) is 9.59 Å². The van der Waals surface area contributed by atoms with Crippen LogP contribution in [0.1, 0.15) is 39.0 Å². The monoisotopic (exact) mass is 245 g/mol. The molecule has 0 radical (unpaired) electrons. The molecule has 0 unspecified atom stereocenters. The third-order valence-corrected chi connectivity index (χ3v) is 2.43. The maximum atomic E-state index is 11.5. The van der Waals surface area contributed by atoms with Crippen molar-refractivity contribution in [2.45, 2.75) is 39.0 Å². The zero-order chi connectivity index (χ0) is 13.1. The van der Waals surface area contributed by atoms with Gasteiger partial charge in [-0.2, -0.15) is 0 Å². The number of hydrogen-bond acceptors (Lipinski definition) is 3. The van der Waals surface area contributed by atoms with Crippen LogP contribution in [0.15, 0.2) is 0 Å². The van der Waals surface area contributed by atoms with Gasteiger partial charge < -0.3 is 14.7 Å². The van der Waals surface area contributed by atoms with E-state index in [1.807, 2.05) is 0 Å². The Morgan fingerprint density at radius 3 is 2.53 bits per heavy atom. The molecule has 0 fully saturated rings. The van der Waals surface area contributed by atoms with Crippen LogP contribution in [0.25, 0.3) is 0 Å². The molecule has 1 N–H and O–H groups in total. The second-order valence-electron chi connectivity index (χ2n) is 4.07. The fourth-order valence-electron chi connectivity index (χ4n) is 1.32. The van der Waals surface area contributed by atoms with Crippen LogP contribution in [0.4, 0.5) is 0 Å². The first-order chi connectivity index (χ1) is 8.07. The molecule has 5 nitrogen and oxygen atoms in total. The average Bonchev–Trinajstić information content (AvgIpc) is 2.27. The van der Waals surface area contributed by atoms with Gasteiger partial charge in [0.05, 0.1) is 0 Å². The van der Waals surface area contributed by atoms with Crippen LogP contribution >= 0.6 is 0 Å². The number of carbonyl (C=O) groups excluding carboxylic acids is 1. The van der Waals surface area contributed by atoms with E-state index < -0.39 is 5.97 Å². The first-order valence-corrected chi connectivity index (χ1v) is 6.11. The lowest BCUT2D eigenvalue weighted by Crippen LogP contribution is -2.31. The summed E-state index contributed by atoms with van der Waals surface area (Å²) < 4.78 is 5.24. The van der Waals surface area contributed by atoms with Crippen molar-refractivity contribution < 1.29 is 19.4 Å². The molecule has 17 heavy (non-hydrogen) atoms. The number of carboxylic acid groups (broad SMARTS) is 1. The second-order valence-corrected chi connectivity index (χ2v) is 4.07. The average molecular weight is 245 g/mol. The van der Waals surface area contributed by atoms with E-state index in [1.54, 1.807) is 7.05 Å². The van der Waals surface area contributed by atoms with E-state index in [1.165, 1.54) is 4.90 Å². The largest absolute Gasteiger partial charge is 0.481 e. The lowest BCUT2D eigenvalue weighted by molar-refractivity contribution is -0.138. The summed E-state index contributed by atoms with van der Waals surface area (Å²) >= 11 is 0. The van der Waals surface area contributed by atoms with Gasteiger partial charge in [0.25, 0.3) is 0 Å². The van der Waals surface area contributed by atoms with E-state index in [0.717, 1.165) is 19.3 Å². The number of hydrogen-bond donors (Lipinski definition) is 1. The predicted octanol–water partition coefficient (Wildman–Crippen LogP) is 1.52. The Morgan fingerprint density at radius 1 is 1.24 bits per heavy atom. The fourth-order valence-corrected chi connectivity index (χ4v) is 1.32. The SMILES string of the molecule is CCCCCOCC(=O)N(C)CCCC(=O)O. The minimum Gasteiger partial charge on any atom is -0.481 e. The molecule has 0 rings (SSSR count). The van der Waals surface area contributed by atoms with Crippen LogP contribution in [0.5, 0.6) is 0 Å². The number of amides is 1.